The predicted molar refractivity (Wildman–Crippen MR) is 113 cm³/mol. The average molecular weight is 406 g/mol. The Balaban J connectivity index is 1.38. The third kappa shape index (κ3) is 5.59. The van der Waals surface area contributed by atoms with Crippen molar-refractivity contribution in [2.75, 3.05) is 64.9 Å². The number of benzene rings is 1. The summed E-state index contributed by atoms with van der Waals surface area (Å²) in [6.07, 6.45) is 2.43. The zero-order chi connectivity index (χ0) is 20.6. The second kappa shape index (κ2) is 10.4. The second-order valence-electron chi connectivity index (χ2n) is 7.51. The van der Waals surface area contributed by atoms with Gasteiger partial charge in [0.15, 0.2) is 5.96 Å². The lowest BCUT2D eigenvalue weighted by molar-refractivity contribution is -0.142. The van der Waals surface area contributed by atoms with E-state index in [0.717, 1.165) is 51.4 Å². The topological polar surface area (TPSA) is 60.4 Å². The first-order valence-corrected chi connectivity index (χ1v) is 10.4. The number of aliphatic imine (C=N–C) groups is 1. The Morgan fingerprint density at radius 1 is 1.28 bits per heavy atom. The summed E-state index contributed by atoms with van der Waals surface area (Å²) in [6, 6.07) is 6.82. The number of para-hydroxylation sites is 1. The van der Waals surface area contributed by atoms with Gasteiger partial charge in [0, 0.05) is 60.0 Å². The maximum Gasteiger partial charge on any atom is 0.251 e. The molecule has 2 aliphatic heterocycles. The van der Waals surface area contributed by atoms with E-state index >= 15 is 0 Å². The van der Waals surface area contributed by atoms with E-state index in [4.69, 9.17) is 4.74 Å². The highest BCUT2D eigenvalue weighted by molar-refractivity contribution is 5.82. The summed E-state index contributed by atoms with van der Waals surface area (Å²) < 4.78 is 19.4. The van der Waals surface area contributed by atoms with Crippen LogP contribution in [0, 0.1) is 5.82 Å². The number of hydrogen-bond donors (Lipinski definition) is 1. The first-order chi connectivity index (χ1) is 14.1. The molecule has 0 aromatic heterocycles. The molecule has 7 nitrogen and oxygen atoms in total. The van der Waals surface area contributed by atoms with Crippen LogP contribution >= 0.6 is 0 Å². The summed E-state index contributed by atoms with van der Waals surface area (Å²) in [5.41, 5.74) is 0.615. The third-order valence-corrected chi connectivity index (χ3v) is 5.52. The molecule has 1 N–H and O–H groups in total. The highest BCUT2D eigenvalue weighted by atomic mass is 19.1. The van der Waals surface area contributed by atoms with E-state index in [1.807, 2.05) is 22.9 Å². The van der Waals surface area contributed by atoms with Crippen LogP contribution in [0.25, 0.3) is 0 Å². The van der Waals surface area contributed by atoms with Crippen LogP contribution in [0.4, 0.5) is 10.1 Å². The molecular weight excluding hydrogens is 373 g/mol. The number of nitrogens with one attached hydrogen (secondary N) is 1. The molecule has 1 unspecified atom stereocenters. The monoisotopic (exact) mass is 405 g/mol. The Kier molecular flexibility index (Phi) is 7.69. The van der Waals surface area contributed by atoms with Crippen LogP contribution in [-0.2, 0) is 9.53 Å². The van der Waals surface area contributed by atoms with Crippen LogP contribution < -0.4 is 10.2 Å². The van der Waals surface area contributed by atoms with E-state index < -0.39 is 0 Å². The van der Waals surface area contributed by atoms with Crippen LogP contribution in [0.2, 0.25) is 0 Å². The van der Waals surface area contributed by atoms with Crippen molar-refractivity contribution < 1.29 is 13.9 Å². The summed E-state index contributed by atoms with van der Waals surface area (Å²) >= 11 is 0. The van der Waals surface area contributed by atoms with E-state index in [-0.39, 0.29) is 17.8 Å². The number of rotatable bonds is 6. The molecule has 3 rings (SSSR count). The number of amides is 1. The normalized spacial score (nSPS) is 20.1. The third-order valence-electron chi connectivity index (χ3n) is 5.52. The van der Waals surface area contributed by atoms with Crippen LogP contribution in [0.5, 0.6) is 0 Å². The minimum atomic E-state index is -0.245. The highest BCUT2D eigenvalue weighted by Crippen LogP contribution is 2.17. The lowest BCUT2D eigenvalue weighted by Crippen LogP contribution is -2.55. The van der Waals surface area contributed by atoms with E-state index in [9.17, 15) is 9.18 Å². The summed E-state index contributed by atoms with van der Waals surface area (Å²) in [4.78, 5) is 22.9. The van der Waals surface area contributed by atoms with Gasteiger partial charge in [-0.3, -0.25) is 9.79 Å². The molecule has 1 amide bonds. The molecule has 29 heavy (non-hydrogen) atoms. The SMILES string of the molecule is CN=C(NCCCN(C)c1ccccc1F)N1CCN(C(=O)C2CCCO2)CC1. The van der Waals surface area contributed by atoms with Crippen LogP contribution in [0.1, 0.15) is 19.3 Å². The molecule has 2 aliphatic rings. The van der Waals surface area contributed by atoms with Crippen molar-refractivity contribution >= 4 is 17.6 Å². The quantitative estimate of drug-likeness (QED) is 0.442. The standard InChI is InChI=1S/C21H32FN5O2/c1-23-21(24-10-6-11-25(2)18-8-4-3-7-17(18)22)27-14-12-26(13-15-27)20(28)19-9-5-16-29-19/h3-4,7-8,19H,5-6,9-16H2,1-2H3,(H,23,24). The summed E-state index contributed by atoms with van der Waals surface area (Å²) in [6.45, 7) is 5.08. The van der Waals surface area contributed by atoms with Gasteiger partial charge in [-0.2, -0.15) is 0 Å². The lowest BCUT2D eigenvalue weighted by atomic mass is 10.2. The molecular formula is C21H32FN5O2. The average Bonchev–Trinajstić information content (AvgIpc) is 3.28. The lowest BCUT2D eigenvalue weighted by Gasteiger charge is -2.37. The smallest absolute Gasteiger partial charge is 0.251 e. The number of guanidine groups is 1. The van der Waals surface area contributed by atoms with Crippen molar-refractivity contribution in [3.05, 3.63) is 30.1 Å². The van der Waals surface area contributed by atoms with Gasteiger partial charge in [0.05, 0.1) is 5.69 Å². The zero-order valence-corrected chi connectivity index (χ0v) is 17.4. The molecule has 160 valence electrons. The summed E-state index contributed by atoms with van der Waals surface area (Å²) in [5, 5.41) is 3.39. The Hall–Kier alpha value is -2.35. The zero-order valence-electron chi connectivity index (χ0n) is 17.4. The van der Waals surface area contributed by atoms with Crippen LogP contribution in [0.15, 0.2) is 29.3 Å². The molecule has 0 radical (unpaired) electrons. The molecule has 2 fully saturated rings. The largest absolute Gasteiger partial charge is 0.372 e. The molecule has 2 heterocycles. The Labute approximate surface area is 172 Å². The van der Waals surface area contributed by atoms with E-state index in [1.54, 1.807) is 19.2 Å². The van der Waals surface area contributed by atoms with Crippen molar-refractivity contribution in [1.82, 2.24) is 15.1 Å². The molecule has 0 spiro atoms. The van der Waals surface area contributed by atoms with E-state index in [0.29, 0.717) is 25.4 Å². The molecule has 0 bridgehead atoms. The van der Waals surface area contributed by atoms with E-state index in [1.165, 1.54) is 6.07 Å². The van der Waals surface area contributed by atoms with Gasteiger partial charge >= 0.3 is 0 Å². The van der Waals surface area contributed by atoms with Gasteiger partial charge in [0.25, 0.3) is 5.91 Å². The van der Waals surface area contributed by atoms with Gasteiger partial charge in [-0.25, -0.2) is 4.39 Å². The first-order valence-electron chi connectivity index (χ1n) is 10.4. The first kappa shape index (κ1) is 21.4. The fraction of sp³-hybridized carbons (Fsp3) is 0.619. The van der Waals surface area contributed by atoms with Gasteiger partial charge < -0.3 is 24.8 Å². The van der Waals surface area contributed by atoms with Gasteiger partial charge in [0.2, 0.25) is 0 Å². The number of nitrogens with zero attached hydrogens (tertiary/aromatic N) is 4. The van der Waals surface area contributed by atoms with Crippen LogP contribution in [0.3, 0.4) is 0 Å². The highest BCUT2D eigenvalue weighted by Gasteiger charge is 2.30. The van der Waals surface area contributed by atoms with Crippen LogP contribution in [-0.4, -0.2) is 87.7 Å². The Bertz CT molecular complexity index is 700. The van der Waals surface area contributed by atoms with Gasteiger partial charge in [-0.15, -0.1) is 0 Å². The Morgan fingerprint density at radius 2 is 2.00 bits per heavy atom. The minimum Gasteiger partial charge on any atom is -0.372 e. The molecule has 1 atom stereocenters. The van der Waals surface area contributed by atoms with E-state index in [2.05, 4.69) is 15.2 Å². The number of carbonyl (C=O) groups is 1. The number of hydrogen-bond acceptors (Lipinski definition) is 4. The van der Waals surface area contributed by atoms with Crippen molar-refractivity contribution in [3.8, 4) is 0 Å². The van der Waals surface area contributed by atoms with Gasteiger partial charge in [-0.05, 0) is 31.4 Å². The fourth-order valence-corrected chi connectivity index (χ4v) is 3.85. The molecule has 1 aromatic carbocycles. The fourth-order valence-electron chi connectivity index (χ4n) is 3.85. The number of anilines is 1. The van der Waals surface area contributed by atoms with Crippen molar-refractivity contribution in [3.63, 3.8) is 0 Å². The predicted octanol–water partition coefficient (Wildman–Crippen LogP) is 1.55. The van der Waals surface area contributed by atoms with Crippen molar-refractivity contribution in [1.29, 1.82) is 0 Å². The van der Waals surface area contributed by atoms with Gasteiger partial charge in [0.1, 0.15) is 11.9 Å². The number of piperazine rings is 1. The summed E-state index contributed by atoms with van der Waals surface area (Å²) in [5.74, 6) is 0.776. The minimum absolute atomic E-state index is 0.126. The number of halogens is 1. The maximum atomic E-state index is 13.8. The van der Waals surface area contributed by atoms with Crippen molar-refractivity contribution in [2.45, 2.75) is 25.4 Å². The summed E-state index contributed by atoms with van der Waals surface area (Å²) in [7, 11) is 3.68. The molecule has 0 aliphatic carbocycles. The molecule has 1 aromatic rings. The molecule has 2 saturated heterocycles. The molecule has 0 saturated carbocycles. The van der Waals surface area contributed by atoms with Gasteiger partial charge in [-0.1, -0.05) is 12.1 Å². The number of carbonyl (C=O) groups excluding carboxylic acids is 1. The Morgan fingerprint density at radius 3 is 2.66 bits per heavy atom. The van der Waals surface area contributed by atoms with Crippen molar-refractivity contribution in [2.24, 2.45) is 4.99 Å². The second-order valence-corrected chi connectivity index (χ2v) is 7.51. The number of ether oxygens (including phenoxy) is 1. The molecule has 8 heteroatoms. The maximum absolute atomic E-state index is 13.8.